The summed E-state index contributed by atoms with van der Waals surface area (Å²) >= 11 is 0. The van der Waals surface area contributed by atoms with E-state index in [0.29, 0.717) is 29.9 Å². The molecule has 6 heteroatoms. The second kappa shape index (κ2) is 6.65. The molecular formula is C18H20N2O3S. The van der Waals surface area contributed by atoms with Crippen molar-refractivity contribution in [3.63, 3.8) is 0 Å². The lowest BCUT2D eigenvalue weighted by Crippen LogP contribution is -2.37. The first-order valence-corrected chi connectivity index (χ1v) is 9.55. The van der Waals surface area contributed by atoms with Gasteiger partial charge < -0.3 is 5.32 Å². The fourth-order valence-corrected chi connectivity index (χ4v) is 4.35. The predicted octanol–water partition coefficient (Wildman–Crippen LogP) is 3.18. The first kappa shape index (κ1) is 16.5. The van der Waals surface area contributed by atoms with E-state index >= 15 is 0 Å². The summed E-state index contributed by atoms with van der Waals surface area (Å²) in [6.07, 6.45) is 1.52. The van der Waals surface area contributed by atoms with Crippen LogP contribution in [0.3, 0.4) is 0 Å². The molecular weight excluding hydrogens is 324 g/mol. The van der Waals surface area contributed by atoms with E-state index in [0.717, 1.165) is 12.0 Å². The lowest BCUT2D eigenvalue weighted by Gasteiger charge is -2.28. The molecule has 1 aliphatic heterocycles. The Labute approximate surface area is 142 Å². The van der Waals surface area contributed by atoms with E-state index in [1.54, 1.807) is 24.3 Å². The Kier molecular flexibility index (Phi) is 4.57. The van der Waals surface area contributed by atoms with Crippen LogP contribution >= 0.6 is 0 Å². The van der Waals surface area contributed by atoms with Gasteiger partial charge in [-0.25, -0.2) is 8.42 Å². The number of nitrogens with zero attached hydrogens (tertiary/aromatic N) is 1. The van der Waals surface area contributed by atoms with Gasteiger partial charge in [0.15, 0.2) is 0 Å². The first-order chi connectivity index (χ1) is 11.5. The van der Waals surface area contributed by atoms with Gasteiger partial charge in [0.25, 0.3) is 5.91 Å². The second-order valence-corrected chi connectivity index (χ2v) is 7.98. The molecule has 1 saturated heterocycles. The van der Waals surface area contributed by atoms with Crippen LogP contribution in [0.5, 0.6) is 0 Å². The van der Waals surface area contributed by atoms with Crippen molar-refractivity contribution in [1.29, 1.82) is 0 Å². The van der Waals surface area contributed by atoms with Crippen molar-refractivity contribution in [1.82, 2.24) is 0 Å². The van der Waals surface area contributed by atoms with Gasteiger partial charge in [0.1, 0.15) is 0 Å². The SMILES string of the molecule is Cc1ccc(NC(=O)c2cccc(N3CCCCS3(=O)=O)c2)cc1. The molecule has 0 unspecified atom stereocenters. The molecule has 0 aliphatic carbocycles. The highest BCUT2D eigenvalue weighted by atomic mass is 32.2. The molecule has 0 saturated carbocycles. The molecule has 1 N–H and O–H groups in total. The Hall–Kier alpha value is -2.34. The van der Waals surface area contributed by atoms with E-state index in [-0.39, 0.29) is 11.7 Å². The molecule has 0 radical (unpaired) electrons. The second-order valence-electron chi connectivity index (χ2n) is 5.97. The highest BCUT2D eigenvalue weighted by molar-refractivity contribution is 7.92. The van der Waals surface area contributed by atoms with Crippen molar-refractivity contribution < 1.29 is 13.2 Å². The monoisotopic (exact) mass is 344 g/mol. The topological polar surface area (TPSA) is 66.5 Å². The molecule has 1 aliphatic rings. The largest absolute Gasteiger partial charge is 0.322 e. The first-order valence-electron chi connectivity index (χ1n) is 7.94. The maximum atomic E-state index is 12.4. The number of benzene rings is 2. The van der Waals surface area contributed by atoms with Crippen LogP contribution in [-0.2, 0) is 10.0 Å². The van der Waals surface area contributed by atoms with Crippen LogP contribution in [0, 0.1) is 6.92 Å². The van der Waals surface area contributed by atoms with Crippen molar-refractivity contribution in [2.45, 2.75) is 19.8 Å². The number of anilines is 2. The Bertz CT molecular complexity index is 845. The summed E-state index contributed by atoms with van der Waals surface area (Å²) in [5.74, 6) is -0.0950. The highest BCUT2D eigenvalue weighted by Gasteiger charge is 2.26. The summed E-state index contributed by atoms with van der Waals surface area (Å²) in [4.78, 5) is 12.4. The highest BCUT2D eigenvalue weighted by Crippen LogP contribution is 2.24. The van der Waals surface area contributed by atoms with E-state index in [1.165, 1.54) is 4.31 Å². The third kappa shape index (κ3) is 3.59. The zero-order valence-electron chi connectivity index (χ0n) is 13.5. The lowest BCUT2D eigenvalue weighted by atomic mass is 10.1. The van der Waals surface area contributed by atoms with Crippen molar-refractivity contribution in [2.24, 2.45) is 0 Å². The van der Waals surface area contributed by atoms with Crippen molar-refractivity contribution in [3.8, 4) is 0 Å². The number of amides is 1. The Balaban J connectivity index is 1.82. The summed E-state index contributed by atoms with van der Waals surface area (Å²) in [6.45, 7) is 2.44. The zero-order chi connectivity index (χ0) is 17.2. The van der Waals surface area contributed by atoms with E-state index < -0.39 is 10.0 Å². The Morgan fingerprint density at radius 2 is 1.83 bits per heavy atom. The molecule has 0 atom stereocenters. The number of aryl methyl sites for hydroxylation is 1. The number of rotatable bonds is 3. The third-order valence-corrected chi connectivity index (χ3v) is 5.92. The number of sulfonamides is 1. The van der Waals surface area contributed by atoms with E-state index in [9.17, 15) is 13.2 Å². The molecule has 0 aromatic heterocycles. The number of carbonyl (C=O) groups excluding carboxylic acids is 1. The molecule has 0 spiro atoms. The van der Waals surface area contributed by atoms with Gasteiger partial charge in [-0.2, -0.15) is 0 Å². The van der Waals surface area contributed by atoms with Gasteiger partial charge >= 0.3 is 0 Å². The maximum Gasteiger partial charge on any atom is 0.255 e. The van der Waals surface area contributed by atoms with Crippen LogP contribution in [-0.4, -0.2) is 26.6 Å². The molecule has 2 aromatic rings. The molecule has 1 heterocycles. The minimum atomic E-state index is -3.28. The summed E-state index contributed by atoms with van der Waals surface area (Å²) in [5.41, 5.74) is 2.81. The van der Waals surface area contributed by atoms with Gasteiger partial charge in [0.05, 0.1) is 11.4 Å². The fourth-order valence-electron chi connectivity index (χ4n) is 2.72. The minimum Gasteiger partial charge on any atom is -0.322 e. The lowest BCUT2D eigenvalue weighted by molar-refractivity contribution is 0.102. The summed E-state index contributed by atoms with van der Waals surface area (Å²) in [7, 11) is -3.28. The van der Waals surface area contributed by atoms with Crippen LogP contribution in [0.2, 0.25) is 0 Å². The van der Waals surface area contributed by atoms with Crippen LogP contribution < -0.4 is 9.62 Å². The van der Waals surface area contributed by atoms with Crippen LogP contribution in [0.25, 0.3) is 0 Å². The van der Waals surface area contributed by atoms with Gasteiger partial charge in [-0.1, -0.05) is 23.8 Å². The molecule has 0 bridgehead atoms. The average molecular weight is 344 g/mol. The van der Waals surface area contributed by atoms with Gasteiger partial charge in [0.2, 0.25) is 10.0 Å². The fraction of sp³-hybridized carbons (Fsp3) is 0.278. The molecule has 1 amide bonds. The number of nitrogens with one attached hydrogen (secondary N) is 1. The Morgan fingerprint density at radius 1 is 1.08 bits per heavy atom. The van der Waals surface area contributed by atoms with E-state index in [1.807, 2.05) is 31.2 Å². The van der Waals surface area contributed by atoms with Gasteiger partial charge in [-0.05, 0) is 50.1 Å². The normalized spacial score (nSPS) is 16.6. The van der Waals surface area contributed by atoms with E-state index in [4.69, 9.17) is 0 Å². The number of carbonyl (C=O) groups is 1. The van der Waals surface area contributed by atoms with Crippen molar-refractivity contribution >= 4 is 27.3 Å². The average Bonchev–Trinajstić information content (AvgIpc) is 2.56. The van der Waals surface area contributed by atoms with Crippen LogP contribution in [0.1, 0.15) is 28.8 Å². The smallest absolute Gasteiger partial charge is 0.255 e. The number of hydrogen-bond acceptors (Lipinski definition) is 3. The van der Waals surface area contributed by atoms with Gasteiger partial charge in [0, 0.05) is 17.8 Å². The summed E-state index contributed by atoms with van der Waals surface area (Å²) in [5, 5.41) is 2.83. The zero-order valence-corrected chi connectivity index (χ0v) is 14.3. The molecule has 1 fully saturated rings. The molecule has 3 rings (SSSR count). The van der Waals surface area contributed by atoms with Gasteiger partial charge in [-0.3, -0.25) is 9.10 Å². The quantitative estimate of drug-likeness (QED) is 0.930. The van der Waals surface area contributed by atoms with Crippen LogP contribution in [0.4, 0.5) is 11.4 Å². The van der Waals surface area contributed by atoms with Gasteiger partial charge in [-0.15, -0.1) is 0 Å². The summed E-state index contributed by atoms with van der Waals surface area (Å²) < 4.78 is 25.8. The maximum absolute atomic E-state index is 12.4. The molecule has 24 heavy (non-hydrogen) atoms. The van der Waals surface area contributed by atoms with Crippen LogP contribution in [0.15, 0.2) is 48.5 Å². The number of hydrogen-bond donors (Lipinski definition) is 1. The molecule has 5 nitrogen and oxygen atoms in total. The van der Waals surface area contributed by atoms with E-state index in [2.05, 4.69) is 5.32 Å². The standard InChI is InChI=1S/C18H20N2O3S/c1-14-7-9-16(10-8-14)19-18(21)15-5-4-6-17(13-15)20-11-2-3-12-24(20,22)23/h4-10,13H,2-3,11-12H2,1H3,(H,19,21). The third-order valence-electron chi connectivity index (χ3n) is 4.06. The summed E-state index contributed by atoms with van der Waals surface area (Å²) in [6, 6.07) is 14.3. The minimum absolute atomic E-state index is 0.160. The molecule has 126 valence electrons. The Morgan fingerprint density at radius 3 is 2.54 bits per heavy atom. The van der Waals surface area contributed by atoms with Crippen molar-refractivity contribution in [2.75, 3.05) is 21.9 Å². The molecule has 2 aromatic carbocycles. The predicted molar refractivity (Wildman–Crippen MR) is 95.9 cm³/mol. The van der Waals surface area contributed by atoms with Crippen molar-refractivity contribution in [3.05, 3.63) is 59.7 Å².